The Kier molecular flexibility index (Phi) is 2.73. The fourth-order valence-corrected chi connectivity index (χ4v) is 5.40. The number of benzene rings is 1. The van der Waals surface area contributed by atoms with Crippen molar-refractivity contribution in [1.82, 2.24) is 0 Å². The molecule has 1 aromatic carbocycles. The molecule has 0 radical (unpaired) electrons. The molecule has 0 unspecified atom stereocenters. The number of rotatable bonds is 3. The van der Waals surface area contributed by atoms with Crippen LogP contribution >= 0.6 is 0 Å². The predicted molar refractivity (Wildman–Crippen MR) is 90.3 cm³/mol. The lowest BCUT2D eigenvalue weighted by molar-refractivity contribution is -0.123. The number of hydrogen-bond donors (Lipinski definition) is 0. The molecule has 1 aromatic rings. The smallest absolute Gasteiger partial charge is 0.238 e. The van der Waals surface area contributed by atoms with Crippen LogP contribution in [-0.4, -0.2) is 24.7 Å². The van der Waals surface area contributed by atoms with E-state index in [1.165, 1.54) is 18.9 Å². The highest BCUT2D eigenvalue weighted by atomic mass is 16.5. The van der Waals surface area contributed by atoms with Gasteiger partial charge in [0.25, 0.3) is 0 Å². The first kappa shape index (κ1) is 14.9. The van der Waals surface area contributed by atoms with E-state index in [4.69, 9.17) is 4.74 Å². The number of amides is 2. The Balaban J connectivity index is 1.59. The second-order valence-corrected chi connectivity index (χ2v) is 7.68. The zero-order chi connectivity index (χ0) is 17.5. The summed E-state index contributed by atoms with van der Waals surface area (Å²) in [6, 6.07) is 4.90. The van der Waals surface area contributed by atoms with Gasteiger partial charge >= 0.3 is 0 Å². The zero-order valence-corrected chi connectivity index (χ0v) is 14.2. The minimum Gasteiger partial charge on any atom is -0.495 e. The number of carbonyl (C=O) groups is 3. The molecule has 1 heterocycles. The minimum absolute atomic E-state index is 0.109. The summed E-state index contributed by atoms with van der Waals surface area (Å²) >= 11 is 0. The Bertz CT molecular complexity index is 832. The molecule has 4 atom stereocenters. The quantitative estimate of drug-likeness (QED) is 0.483. The van der Waals surface area contributed by atoms with E-state index in [0.29, 0.717) is 17.0 Å². The molecule has 3 aliphatic carbocycles. The summed E-state index contributed by atoms with van der Waals surface area (Å²) in [5.41, 5.74) is 1.04. The molecule has 5 rings (SSSR count). The van der Waals surface area contributed by atoms with Crippen molar-refractivity contribution in [2.24, 2.45) is 29.1 Å². The number of hydrogen-bond acceptors (Lipinski definition) is 4. The van der Waals surface area contributed by atoms with Crippen LogP contribution in [0.5, 0.6) is 5.75 Å². The number of carbonyl (C=O) groups excluding carboxylic acids is 3. The molecule has 0 aromatic heterocycles. The van der Waals surface area contributed by atoms with Crippen molar-refractivity contribution in [1.29, 1.82) is 0 Å². The van der Waals surface area contributed by atoms with Gasteiger partial charge in [-0.15, -0.1) is 0 Å². The van der Waals surface area contributed by atoms with E-state index in [2.05, 4.69) is 12.2 Å². The maximum Gasteiger partial charge on any atom is 0.238 e. The molecule has 2 saturated carbocycles. The normalized spacial score (nSPS) is 33.3. The Morgan fingerprint density at radius 1 is 1.12 bits per heavy atom. The van der Waals surface area contributed by atoms with Crippen molar-refractivity contribution in [2.45, 2.75) is 19.8 Å². The molecule has 1 aliphatic heterocycles. The van der Waals surface area contributed by atoms with Crippen LogP contribution in [0.25, 0.3) is 0 Å². The molecule has 2 bridgehead atoms. The SMILES string of the molecule is COc1ccc(C(C)=O)cc1N1C(=O)[C@@H]2[C@@H](C1=O)[C@@H]1C=C[C@H]2C12CC2. The lowest BCUT2D eigenvalue weighted by Crippen LogP contribution is -2.35. The van der Waals surface area contributed by atoms with E-state index in [-0.39, 0.29) is 46.7 Å². The van der Waals surface area contributed by atoms with Crippen LogP contribution in [0.15, 0.2) is 30.4 Å². The molecule has 3 fully saturated rings. The lowest BCUT2D eigenvalue weighted by Gasteiger charge is -2.23. The second-order valence-electron chi connectivity index (χ2n) is 7.68. The lowest BCUT2D eigenvalue weighted by atomic mass is 9.85. The fourth-order valence-electron chi connectivity index (χ4n) is 5.40. The number of nitrogens with zero attached hydrogens (tertiary/aromatic N) is 1. The van der Waals surface area contributed by atoms with Crippen molar-refractivity contribution in [3.05, 3.63) is 35.9 Å². The van der Waals surface area contributed by atoms with Gasteiger partial charge in [0.1, 0.15) is 5.75 Å². The van der Waals surface area contributed by atoms with Crippen LogP contribution in [0, 0.1) is 29.1 Å². The first-order chi connectivity index (χ1) is 12.0. The van der Waals surface area contributed by atoms with Gasteiger partial charge in [-0.3, -0.25) is 14.4 Å². The van der Waals surface area contributed by atoms with E-state index in [1.54, 1.807) is 18.2 Å². The third-order valence-corrected chi connectivity index (χ3v) is 6.68. The average Bonchev–Trinajstić information content (AvgIpc) is 3.19. The second kappa shape index (κ2) is 4.59. The summed E-state index contributed by atoms with van der Waals surface area (Å²) in [6.45, 7) is 1.47. The van der Waals surface area contributed by atoms with Gasteiger partial charge < -0.3 is 4.74 Å². The van der Waals surface area contributed by atoms with Crippen molar-refractivity contribution < 1.29 is 19.1 Å². The van der Waals surface area contributed by atoms with Gasteiger partial charge in [-0.2, -0.15) is 0 Å². The molecule has 128 valence electrons. The molecule has 5 heteroatoms. The summed E-state index contributed by atoms with van der Waals surface area (Å²) in [6.07, 6.45) is 6.53. The summed E-state index contributed by atoms with van der Waals surface area (Å²) in [7, 11) is 1.50. The predicted octanol–water partition coefficient (Wildman–Crippen LogP) is 2.60. The number of methoxy groups -OCH3 is 1. The van der Waals surface area contributed by atoms with Crippen LogP contribution in [0.4, 0.5) is 5.69 Å². The Hall–Kier alpha value is -2.43. The van der Waals surface area contributed by atoms with E-state index in [0.717, 1.165) is 12.8 Å². The van der Waals surface area contributed by atoms with Crippen LogP contribution in [0.2, 0.25) is 0 Å². The number of ether oxygens (including phenoxy) is 1. The molecular formula is C20H19NO4. The molecule has 0 N–H and O–H groups in total. The highest BCUT2D eigenvalue weighted by Gasteiger charge is 2.73. The van der Waals surface area contributed by atoms with Gasteiger partial charge in [0.05, 0.1) is 24.6 Å². The number of fused-ring (bicyclic) bond motifs is 3. The highest BCUT2D eigenvalue weighted by Crippen LogP contribution is 2.73. The number of Topliss-reactive ketones (excluding diaryl/α,β-unsaturated/α-hetero) is 1. The van der Waals surface area contributed by atoms with Crippen LogP contribution in [0.3, 0.4) is 0 Å². The van der Waals surface area contributed by atoms with Gasteiger partial charge in [0.2, 0.25) is 11.8 Å². The minimum atomic E-state index is -0.254. The van der Waals surface area contributed by atoms with Gasteiger partial charge in [-0.1, -0.05) is 12.2 Å². The van der Waals surface area contributed by atoms with Gasteiger partial charge in [-0.25, -0.2) is 4.90 Å². The fraction of sp³-hybridized carbons (Fsp3) is 0.450. The molecule has 2 amide bonds. The average molecular weight is 337 g/mol. The zero-order valence-electron chi connectivity index (χ0n) is 14.2. The number of anilines is 1. The van der Waals surface area contributed by atoms with Crippen LogP contribution < -0.4 is 9.64 Å². The summed E-state index contributed by atoms with van der Waals surface area (Å²) in [4.78, 5) is 39.4. The van der Waals surface area contributed by atoms with E-state index in [1.807, 2.05) is 0 Å². The summed E-state index contributed by atoms with van der Waals surface area (Å²) in [5.74, 6) is -0.0903. The monoisotopic (exact) mass is 337 g/mol. The van der Waals surface area contributed by atoms with Crippen LogP contribution in [0.1, 0.15) is 30.1 Å². The first-order valence-corrected chi connectivity index (χ1v) is 8.75. The van der Waals surface area contributed by atoms with Crippen LogP contribution in [-0.2, 0) is 9.59 Å². The maximum atomic E-state index is 13.2. The van der Waals surface area contributed by atoms with Crippen molar-refractivity contribution in [2.75, 3.05) is 12.0 Å². The van der Waals surface area contributed by atoms with Crippen molar-refractivity contribution in [3.63, 3.8) is 0 Å². The summed E-state index contributed by atoms with van der Waals surface area (Å²) in [5, 5.41) is 0. The van der Waals surface area contributed by atoms with E-state index < -0.39 is 0 Å². The summed E-state index contributed by atoms with van der Waals surface area (Å²) < 4.78 is 5.36. The number of ketones is 1. The van der Waals surface area contributed by atoms with Gasteiger partial charge in [0.15, 0.2) is 5.78 Å². The van der Waals surface area contributed by atoms with E-state index in [9.17, 15) is 14.4 Å². The molecular weight excluding hydrogens is 318 g/mol. The molecule has 1 saturated heterocycles. The Morgan fingerprint density at radius 2 is 1.72 bits per heavy atom. The molecule has 1 spiro atoms. The Morgan fingerprint density at radius 3 is 2.20 bits per heavy atom. The largest absolute Gasteiger partial charge is 0.495 e. The number of allylic oxidation sites excluding steroid dienone is 2. The third-order valence-electron chi connectivity index (χ3n) is 6.68. The topological polar surface area (TPSA) is 63.7 Å². The molecule has 4 aliphatic rings. The van der Waals surface area contributed by atoms with Gasteiger partial charge in [-0.05, 0) is 55.2 Å². The van der Waals surface area contributed by atoms with Gasteiger partial charge in [0, 0.05) is 5.56 Å². The van der Waals surface area contributed by atoms with Crippen molar-refractivity contribution >= 4 is 23.3 Å². The first-order valence-electron chi connectivity index (χ1n) is 8.75. The standard InChI is InChI=1S/C20H19NO4/c1-10(22)11-3-6-15(25-2)14(9-11)21-18(23)16-12-4-5-13(17(16)19(21)24)20(12)7-8-20/h3-6,9,12-13,16-17H,7-8H2,1-2H3/t12-,13+,16-,17-/m0/s1. The maximum absolute atomic E-state index is 13.2. The molecule has 5 nitrogen and oxygen atoms in total. The highest BCUT2D eigenvalue weighted by molar-refractivity contribution is 6.24. The third kappa shape index (κ3) is 1.66. The van der Waals surface area contributed by atoms with Crippen molar-refractivity contribution in [3.8, 4) is 5.75 Å². The molecule has 25 heavy (non-hydrogen) atoms. The number of imide groups is 1. The Labute approximate surface area is 145 Å². The van der Waals surface area contributed by atoms with E-state index >= 15 is 0 Å².